The van der Waals surface area contributed by atoms with E-state index in [4.69, 9.17) is 16.3 Å². The van der Waals surface area contributed by atoms with Gasteiger partial charge in [-0.2, -0.15) is 0 Å². The number of allylic oxidation sites excluding steroid dienone is 4. The van der Waals surface area contributed by atoms with E-state index in [0.29, 0.717) is 29.9 Å². The second-order valence-electron chi connectivity index (χ2n) is 14.5. The number of ether oxygens (including phenoxy) is 1. The molecule has 43 heavy (non-hydrogen) atoms. The Morgan fingerprint density at radius 2 is 1.95 bits per heavy atom. The van der Waals surface area contributed by atoms with Gasteiger partial charge in [0.15, 0.2) is 0 Å². The van der Waals surface area contributed by atoms with Gasteiger partial charge in [-0.15, -0.1) is 0 Å². The number of nitrogens with zero attached hydrogens (tertiary/aromatic N) is 1. The van der Waals surface area contributed by atoms with Crippen molar-refractivity contribution in [3.8, 4) is 5.75 Å². The highest BCUT2D eigenvalue weighted by molar-refractivity contribution is 7.90. The Morgan fingerprint density at radius 1 is 1.14 bits per heavy atom. The quantitative estimate of drug-likeness (QED) is 0.388. The van der Waals surface area contributed by atoms with Crippen LogP contribution >= 0.6 is 11.6 Å². The number of rotatable bonds is 1. The summed E-state index contributed by atoms with van der Waals surface area (Å²) in [4.78, 5) is 15.8. The molecular weight excluding hydrogens is 584 g/mol. The first-order chi connectivity index (χ1) is 20.4. The summed E-state index contributed by atoms with van der Waals surface area (Å²) in [5, 5.41) is 11.3. The second-order valence-corrected chi connectivity index (χ2v) is 16.7. The lowest BCUT2D eigenvalue weighted by atomic mass is 9.51. The number of carbonyl (C=O) groups is 1. The highest BCUT2D eigenvalue weighted by atomic mass is 35.5. The summed E-state index contributed by atoms with van der Waals surface area (Å²) in [6.45, 7) is 8.67. The molecule has 236 valence electrons. The summed E-state index contributed by atoms with van der Waals surface area (Å²) >= 11 is 6.50. The molecule has 1 aromatic rings. The zero-order chi connectivity index (χ0) is 30.6. The molecule has 7 nitrogen and oxygen atoms in total. The molecule has 1 spiro atoms. The monoisotopic (exact) mass is 630 g/mol. The van der Waals surface area contributed by atoms with Crippen molar-refractivity contribution in [2.75, 3.05) is 37.0 Å². The van der Waals surface area contributed by atoms with Gasteiger partial charge in [0.1, 0.15) is 5.75 Å². The third kappa shape index (κ3) is 5.77. The van der Waals surface area contributed by atoms with Crippen molar-refractivity contribution in [1.29, 1.82) is 0 Å². The molecule has 2 fully saturated rings. The molecule has 1 aromatic carbocycles. The van der Waals surface area contributed by atoms with E-state index in [9.17, 15) is 18.3 Å². The lowest BCUT2D eigenvalue weighted by Crippen LogP contribution is -2.56. The molecule has 5 aliphatic rings. The Labute approximate surface area is 262 Å². The van der Waals surface area contributed by atoms with Crippen LogP contribution in [0.1, 0.15) is 76.1 Å². The van der Waals surface area contributed by atoms with Crippen LogP contribution in [-0.4, -0.2) is 51.5 Å². The summed E-state index contributed by atoms with van der Waals surface area (Å²) in [6.07, 6.45) is 13.7. The van der Waals surface area contributed by atoms with Gasteiger partial charge in [0, 0.05) is 41.1 Å². The zero-order valence-electron chi connectivity index (χ0n) is 25.7. The van der Waals surface area contributed by atoms with E-state index in [0.717, 1.165) is 74.5 Å². The van der Waals surface area contributed by atoms with Gasteiger partial charge in [0.25, 0.3) is 5.91 Å². The maximum atomic E-state index is 13.4. The molecule has 2 unspecified atom stereocenters. The topological polar surface area (TPSA) is 95.9 Å². The fourth-order valence-electron chi connectivity index (χ4n) is 8.74. The van der Waals surface area contributed by atoms with Crippen LogP contribution in [0.4, 0.5) is 5.69 Å². The van der Waals surface area contributed by atoms with Crippen LogP contribution in [0.3, 0.4) is 0 Å². The SMILES string of the molecule is C[C@@H]1CS(=O)(=O)NC(=O)c2ccc3c(c2)N(C[C@@H]2CC[C@H]2[C@H](CO)CC[C@@H]1C)C[C@@]1(CCCC2C=C(Cl)C=CC21C)CO3. The van der Waals surface area contributed by atoms with Gasteiger partial charge in [-0.05, 0) is 91.9 Å². The number of benzene rings is 1. The van der Waals surface area contributed by atoms with Gasteiger partial charge in [0.05, 0.1) is 18.0 Å². The van der Waals surface area contributed by atoms with Crippen molar-refractivity contribution in [1.82, 2.24) is 4.72 Å². The number of carbonyl (C=O) groups excluding carboxylic acids is 1. The van der Waals surface area contributed by atoms with Crippen molar-refractivity contribution in [2.45, 2.75) is 65.7 Å². The first kappa shape index (κ1) is 31.0. The number of hydrogen-bond donors (Lipinski definition) is 2. The van der Waals surface area contributed by atoms with Gasteiger partial charge in [0.2, 0.25) is 10.0 Å². The average Bonchev–Trinajstić information content (AvgIpc) is 3.10. The molecule has 2 aliphatic heterocycles. The third-order valence-electron chi connectivity index (χ3n) is 12.1. The normalized spacial score (nSPS) is 39.3. The van der Waals surface area contributed by atoms with Crippen LogP contribution < -0.4 is 14.4 Å². The third-order valence-corrected chi connectivity index (χ3v) is 13.8. The molecule has 6 rings (SSSR count). The summed E-state index contributed by atoms with van der Waals surface area (Å²) < 4.78 is 35.1. The molecule has 3 aliphatic carbocycles. The van der Waals surface area contributed by atoms with Gasteiger partial charge in [-0.25, -0.2) is 13.1 Å². The van der Waals surface area contributed by atoms with E-state index in [2.05, 4.69) is 35.6 Å². The maximum Gasteiger partial charge on any atom is 0.264 e. The first-order valence-corrected chi connectivity index (χ1v) is 18.2. The fraction of sp³-hybridized carbons (Fsp3) is 0.676. The number of fused-ring (bicyclic) bond motifs is 4. The van der Waals surface area contributed by atoms with E-state index >= 15 is 0 Å². The predicted molar refractivity (Wildman–Crippen MR) is 171 cm³/mol. The first-order valence-electron chi connectivity index (χ1n) is 16.2. The molecule has 9 heteroatoms. The Morgan fingerprint density at radius 3 is 2.70 bits per heavy atom. The summed E-state index contributed by atoms with van der Waals surface area (Å²) in [7, 11) is -3.83. The van der Waals surface area contributed by atoms with Gasteiger partial charge in [-0.3, -0.25) is 4.79 Å². The van der Waals surface area contributed by atoms with Crippen LogP contribution in [0.15, 0.2) is 41.5 Å². The average molecular weight is 631 g/mol. The lowest BCUT2D eigenvalue weighted by molar-refractivity contribution is -0.0240. The highest BCUT2D eigenvalue weighted by Gasteiger charge is 2.56. The number of nitrogens with one attached hydrogen (secondary N) is 1. The van der Waals surface area contributed by atoms with Gasteiger partial charge >= 0.3 is 0 Å². The van der Waals surface area contributed by atoms with E-state index in [1.54, 1.807) is 6.07 Å². The predicted octanol–water partition coefficient (Wildman–Crippen LogP) is 6.13. The minimum absolute atomic E-state index is 0.107. The van der Waals surface area contributed by atoms with E-state index < -0.39 is 15.9 Å². The van der Waals surface area contributed by atoms with Crippen molar-refractivity contribution < 1.29 is 23.1 Å². The largest absolute Gasteiger partial charge is 0.491 e. The molecule has 0 aromatic heterocycles. The fourth-order valence-corrected chi connectivity index (χ4v) is 10.5. The van der Waals surface area contributed by atoms with Crippen LogP contribution in [0.2, 0.25) is 0 Å². The molecule has 1 amide bonds. The van der Waals surface area contributed by atoms with Gasteiger partial charge in [-0.1, -0.05) is 57.4 Å². The number of hydrogen-bond acceptors (Lipinski definition) is 6. The van der Waals surface area contributed by atoms with Crippen molar-refractivity contribution in [2.24, 2.45) is 46.3 Å². The molecule has 2 heterocycles. The number of halogens is 1. The Kier molecular flexibility index (Phi) is 8.44. The number of sulfonamides is 1. The van der Waals surface area contributed by atoms with Crippen LogP contribution in [0.5, 0.6) is 5.75 Å². The van der Waals surface area contributed by atoms with E-state index in [-0.39, 0.29) is 40.9 Å². The standard InChI is InChI=1S/C34H47ClN2O5S/c1-22-6-7-26(18-38)29-10-8-25(29)17-37-20-34(13-4-5-27-16-28(35)12-14-33(27,34)3)21-42-31-11-9-24(15-30(31)37)32(39)36-43(40,41)19-23(22)2/h9,11-12,14-16,22-23,25-27,29,38H,4-8,10,13,17-21H2,1-3H3,(H,36,39)/t22-,23+,25-,26-,27?,29+,33?,34-/m0/s1. The lowest BCUT2D eigenvalue weighted by Gasteiger charge is -2.56. The number of amides is 1. The van der Waals surface area contributed by atoms with Crippen LogP contribution in [0.25, 0.3) is 0 Å². The number of aliphatic hydroxyl groups excluding tert-OH is 1. The number of anilines is 1. The van der Waals surface area contributed by atoms with Crippen LogP contribution in [-0.2, 0) is 10.0 Å². The van der Waals surface area contributed by atoms with Crippen molar-refractivity contribution >= 4 is 33.2 Å². The smallest absolute Gasteiger partial charge is 0.264 e. The molecule has 0 radical (unpaired) electrons. The molecule has 2 N–H and O–H groups in total. The Bertz CT molecular complexity index is 1410. The summed E-state index contributed by atoms with van der Waals surface area (Å²) in [5.74, 6) is 1.45. The molecule has 0 saturated heterocycles. The summed E-state index contributed by atoms with van der Waals surface area (Å²) in [6, 6.07) is 5.34. The van der Waals surface area contributed by atoms with Crippen molar-refractivity contribution in [3.05, 3.63) is 47.0 Å². The van der Waals surface area contributed by atoms with Gasteiger partial charge < -0.3 is 14.7 Å². The van der Waals surface area contributed by atoms with E-state index in [1.807, 2.05) is 25.1 Å². The molecule has 8 atom stereocenters. The zero-order valence-corrected chi connectivity index (χ0v) is 27.3. The van der Waals surface area contributed by atoms with Crippen molar-refractivity contribution in [3.63, 3.8) is 0 Å². The minimum Gasteiger partial charge on any atom is -0.491 e. The molecule has 2 bridgehead atoms. The summed E-state index contributed by atoms with van der Waals surface area (Å²) in [5.41, 5.74) is 0.849. The molecular formula is C34H47ClN2O5S. The second kappa shape index (κ2) is 11.7. The number of aliphatic hydroxyl groups is 1. The van der Waals surface area contributed by atoms with Crippen LogP contribution in [0, 0.1) is 46.3 Å². The minimum atomic E-state index is -3.83. The molecule has 2 saturated carbocycles. The maximum absolute atomic E-state index is 13.4. The Balaban J connectivity index is 1.41. The van der Waals surface area contributed by atoms with E-state index in [1.165, 1.54) is 0 Å². The Hall–Kier alpha value is -2.03. The highest BCUT2D eigenvalue weighted by Crippen LogP contribution is 2.59.